The summed E-state index contributed by atoms with van der Waals surface area (Å²) in [5.41, 5.74) is 0.652. The molecule has 0 saturated carbocycles. The van der Waals surface area contributed by atoms with Crippen molar-refractivity contribution in [3.05, 3.63) is 52.4 Å². The molecule has 1 aliphatic carbocycles. The summed E-state index contributed by atoms with van der Waals surface area (Å²) < 4.78 is 49.2. The number of benzene rings is 1. The molecule has 1 unspecified atom stereocenters. The molecule has 0 radical (unpaired) electrons. The number of likely N-dealkylation sites (N-methyl/N-ethyl adjacent to an activating group) is 1. The van der Waals surface area contributed by atoms with E-state index in [1.54, 1.807) is 23.1 Å². The summed E-state index contributed by atoms with van der Waals surface area (Å²) >= 11 is 0. The van der Waals surface area contributed by atoms with Crippen LogP contribution in [0.4, 0.5) is 13.2 Å². The summed E-state index contributed by atoms with van der Waals surface area (Å²) in [5.74, 6) is -3.82. The lowest BCUT2D eigenvalue weighted by molar-refractivity contribution is 0.0202. The Labute approximate surface area is 198 Å². The van der Waals surface area contributed by atoms with E-state index in [1.165, 1.54) is 0 Å². The molecule has 186 valence electrons. The SMILES string of the molecule is CC(C)Oc1ccc(C(=O)N2CCC3(CC2)C2=C(F)C=C(C(C)(F)F)C2CCN3C)cc1CO. The van der Waals surface area contributed by atoms with Crippen LogP contribution in [0.25, 0.3) is 0 Å². The van der Waals surface area contributed by atoms with Gasteiger partial charge in [0.15, 0.2) is 0 Å². The Bertz CT molecular complexity index is 1020. The van der Waals surface area contributed by atoms with Crippen LogP contribution < -0.4 is 4.74 Å². The van der Waals surface area contributed by atoms with Crippen LogP contribution in [-0.2, 0) is 6.61 Å². The minimum atomic E-state index is -3.06. The standard InChI is InChI=1S/C26H33F3N2O3/c1-16(2)34-22-6-5-17(13-18(22)15-32)24(33)31-11-8-26(9-12-31)23-19(7-10-30(26)4)20(14-21(23)27)25(3,28)29/h5-6,13-14,16,19,32H,7-12,15H2,1-4H3. The molecule has 0 aromatic heterocycles. The number of aliphatic hydroxyl groups is 1. The van der Waals surface area contributed by atoms with E-state index < -0.39 is 23.2 Å². The molecule has 1 N–H and O–H groups in total. The predicted molar refractivity (Wildman–Crippen MR) is 124 cm³/mol. The molecule has 2 saturated heterocycles. The number of ether oxygens (including phenoxy) is 1. The number of alkyl halides is 2. The highest BCUT2D eigenvalue weighted by atomic mass is 19.3. The Morgan fingerprint density at radius 2 is 1.94 bits per heavy atom. The first kappa shape index (κ1) is 24.8. The molecular weight excluding hydrogens is 445 g/mol. The molecule has 34 heavy (non-hydrogen) atoms. The third-order valence-electron chi connectivity index (χ3n) is 7.47. The van der Waals surface area contributed by atoms with Gasteiger partial charge in [-0.2, -0.15) is 0 Å². The molecule has 2 fully saturated rings. The van der Waals surface area contributed by atoms with Crippen molar-refractivity contribution < 1.29 is 27.8 Å². The molecule has 2 heterocycles. The molecule has 2 aliphatic heterocycles. The highest BCUT2D eigenvalue weighted by Crippen LogP contribution is 2.53. The number of aliphatic hydroxyl groups excluding tert-OH is 1. The minimum Gasteiger partial charge on any atom is -0.491 e. The number of likely N-dealkylation sites (tertiary alicyclic amines) is 2. The summed E-state index contributed by atoms with van der Waals surface area (Å²) in [6.45, 7) is 5.74. The Kier molecular flexibility index (Phi) is 6.59. The summed E-state index contributed by atoms with van der Waals surface area (Å²) in [6, 6.07) is 5.03. The van der Waals surface area contributed by atoms with E-state index in [9.17, 15) is 18.7 Å². The summed E-state index contributed by atoms with van der Waals surface area (Å²) in [5, 5.41) is 9.72. The first-order chi connectivity index (χ1) is 16.0. The quantitative estimate of drug-likeness (QED) is 0.666. The van der Waals surface area contributed by atoms with Crippen LogP contribution in [-0.4, -0.2) is 65.1 Å². The number of allylic oxidation sites excluding steroid dienone is 3. The second kappa shape index (κ2) is 9.04. The second-order valence-corrected chi connectivity index (χ2v) is 9.98. The Morgan fingerprint density at radius 1 is 1.26 bits per heavy atom. The molecule has 1 spiro atoms. The van der Waals surface area contributed by atoms with E-state index in [-0.39, 0.29) is 24.2 Å². The van der Waals surface area contributed by atoms with Crippen molar-refractivity contribution in [1.29, 1.82) is 0 Å². The molecule has 1 amide bonds. The minimum absolute atomic E-state index is 0.0607. The lowest BCUT2D eigenvalue weighted by atomic mass is 9.69. The summed E-state index contributed by atoms with van der Waals surface area (Å²) in [6.07, 6.45) is 2.40. The second-order valence-electron chi connectivity index (χ2n) is 9.98. The van der Waals surface area contributed by atoms with Gasteiger partial charge >= 0.3 is 0 Å². The smallest absolute Gasteiger partial charge is 0.267 e. The van der Waals surface area contributed by atoms with Crippen molar-refractivity contribution in [3.63, 3.8) is 0 Å². The van der Waals surface area contributed by atoms with E-state index in [2.05, 4.69) is 4.90 Å². The average Bonchev–Trinajstić information content (AvgIpc) is 3.14. The molecular formula is C26H33F3N2O3. The number of fused-ring (bicyclic) bond motifs is 2. The third-order valence-corrected chi connectivity index (χ3v) is 7.47. The highest BCUT2D eigenvalue weighted by Gasteiger charge is 2.53. The summed E-state index contributed by atoms with van der Waals surface area (Å²) in [7, 11) is 1.91. The van der Waals surface area contributed by atoms with Crippen LogP contribution in [0.2, 0.25) is 0 Å². The van der Waals surface area contributed by atoms with Crippen molar-refractivity contribution in [2.45, 2.75) is 64.2 Å². The van der Waals surface area contributed by atoms with E-state index in [4.69, 9.17) is 4.74 Å². The monoisotopic (exact) mass is 478 g/mol. The molecule has 5 nitrogen and oxygen atoms in total. The number of halogens is 3. The average molecular weight is 479 g/mol. The van der Waals surface area contributed by atoms with Crippen LogP contribution in [0.1, 0.15) is 56.0 Å². The highest BCUT2D eigenvalue weighted by molar-refractivity contribution is 5.94. The third kappa shape index (κ3) is 4.26. The lowest BCUT2D eigenvalue weighted by Crippen LogP contribution is -2.60. The van der Waals surface area contributed by atoms with E-state index in [1.807, 2.05) is 20.9 Å². The van der Waals surface area contributed by atoms with Crippen molar-refractivity contribution >= 4 is 5.91 Å². The van der Waals surface area contributed by atoms with Gasteiger partial charge in [0.05, 0.1) is 12.7 Å². The Morgan fingerprint density at radius 3 is 2.53 bits per heavy atom. The maximum absolute atomic E-state index is 15.1. The fraction of sp³-hybridized carbons (Fsp3) is 0.577. The van der Waals surface area contributed by atoms with Gasteiger partial charge in [0.2, 0.25) is 0 Å². The summed E-state index contributed by atoms with van der Waals surface area (Å²) in [4.78, 5) is 17.0. The first-order valence-corrected chi connectivity index (χ1v) is 11.9. The number of amides is 1. The molecule has 3 aliphatic rings. The van der Waals surface area contributed by atoms with Crippen LogP contribution in [0.3, 0.4) is 0 Å². The Hall–Kier alpha value is -2.32. The fourth-order valence-corrected chi connectivity index (χ4v) is 5.78. The molecule has 1 aromatic rings. The van der Waals surface area contributed by atoms with Crippen molar-refractivity contribution in [1.82, 2.24) is 9.80 Å². The van der Waals surface area contributed by atoms with Crippen molar-refractivity contribution in [3.8, 4) is 5.75 Å². The van der Waals surface area contributed by atoms with Crippen LogP contribution in [0, 0.1) is 5.92 Å². The van der Waals surface area contributed by atoms with Gasteiger partial charge in [0, 0.05) is 48.2 Å². The maximum atomic E-state index is 15.1. The molecule has 4 rings (SSSR count). The zero-order chi connectivity index (χ0) is 24.8. The van der Waals surface area contributed by atoms with E-state index in [0.29, 0.717) is 61.3 Å². The van der Waals surface area contributed by atoms with Crippen molar-refractivity contribution in [2.75, 3.05) is 26.7 Å². The fourth-order valence-electron chi connectivity index (χ4n) is 5.78. The number of rotatable bonds is 5. The topological polar surface area (TPSA) is 53.0 Å². The predicted octanol–water partition coefficient (Wildman–Crippen LogP) is 4.71. The van der Waals surface area contributed by atoms with Gasteiger partial charge in [-0.25, -0.2) is 13.2 Å². The number of nitrogens with zero attached hydrogens (tertiary/aromatic N) is 2. The number of piperidine rings is 2. The Balaban J connectivity index is 1.53. The van der Waals surface area contributed by atoms with Crippen LogP contribution in [0.15, 0.2) is 41.2 Å². The largest absolute Gasteiger partial charge is 0.491 e. The van der Waals surface area contributed by atoms with Gasteiger partial charge in [-0.15, -0.1) is 0 Å². The maximum Gasteiger partial charge on any atom is 0.267 e. The zero-order valence-electron chi connectivity index (χ0n) is 20.2. The molecule has 1 atom stereocenters. The first-order valence-electron chi connectivity index (χ1n) is 11.9. The van der Waals surface area contributed by atoms with E-state index in [0.717, 1.165) is 13.0 Å². The van der Waals surface area contributed by atoms with Gasteiger partial charge in [0.25, 0.3) is 11.8 Å². The number of hydrogen-bond donors (Lipinski definition) is 1. The molecule has 0 bridgehead atoms. The van der Waals surface area contributed by atoms with Gasteiger partial charge in [-0.1, -0.05) is 0 Å². The number of carbonyl (C=O) groups is 1. The number of hydrogen-bond acceptors (Lipinski definition) is 4. The molecule has 8 heteroatoms. The van der Waals surface area contributed by atoms with Gasteiger partial charge in [-0.05, 0) is 76.6 Å². The number of carbonyl (C=O) groups excluding carboxylic acids is 1. The van der Waals surface area contributed by atoms with Crippen LogP contribution >= 0.6 is 0 Å². The zero-order valence-corrected chi connectivity index (χ0v) is 20.2. The van der Waals surface area contributed by atoms with Gasteiger partial charge in [0.1, 0.15) is 11.6 Å². The van der Waals surface area contributed by atoms with E-state index >= 15 is 4.39 Å². The van der Waals surface area contributed by atoms with Crippen LogP contribution in [0.5, 0.6) is 5.75 Å². The normalized spacial score (nSPS) is 22.9. The van der Waals surface area contributed by atoms with Crippen molar-refractivity contribution in [2.24, 2.45) is 5.92 Å². The van der Waals surface area contributed by atoms with Gasteiger partial charge < -0.3 is 14.7 Å². The molecule has 1 aromatic carbocycles. The van der Waals surface area contributed by atoms with Gasteiger partial charge in [-0.3, -0.25) is 9.69 Å². The lowest BCUT2D eigenvalue weighted by Gasteiger charge is -2.53.